The van der Waals surface area contributed by atoms with Gasteiger partial charge in [-0.3, -0.25) is 0 Å². The molecule has 0 N–H and O–H groups in total. The van der Waals surface area contributed by atoms with Crippen LogP contribution in [0.25, 0.3) is 0 Å². The van der Waals surface area contributed by atoms with Crippen LogP contribution >= 0.6 is 0 Å². The molecule has 0 amide bonds. The SMILES string of the molecule is CCCCC1CCC(CCC2CCC3CC(c4cc(F)cc(F)c4)CCC3C2)CC1. The van der Waals surface area contributed by atoms with Gasteiger partial charge >= 0.3 is 0 Å². The fraction of sp³-hybridized carbons (Fsp3) is 0.786. The van der Waals surface area contributed by atoms with Crippen LogP contribution in [0.2, 0.25) is 0 Å². The van der Waals surface area contributed by atoms with E-state index in [0.29, 0.717) is 5.92 Å². The van der Waals surface area contributed by atoms with E-state index in [9.17, 15) is 8.78 Å². The van der Waals surface area contributed by atoms with Crippen molar-refractivity contribution in [3.8, 4) is 0 Å². The highest BCUT2D eigenvalue weighted by Crippen LogP contribution is 2.49. The minimum absolute atomic E-state index is 0.357. The summed E-state index contributed by atoms with van der Waals surface area (Å²) in [6, 6.07) is 4.13. The van der Waals surface area contributed by atoms with E-state index in [4.69, 9.17) is 0 Å². The molecule has 0 heterocycles. The van der Waals surface area contributed by atoms with Gasteiger partial charge < -0.3 is 0 Å². The lowest BCUT2D eigenvalue weighted by molar-refractivity contribution is 0.108. The van der Waals surface area contributed by atoms with Crippen LogP contribution in [-0.4, -0.2) is 0 Å². The van der Waals surface area contributed by atoms with Crippen LogP contribution in [0, 0.1) is 41.2 Å². The number of halogens is 2. The Morgan fingerprint density at radius 3 is 1.93 bits per heavy atom. The molecule has 2 heteroatoms. The lowest BCUT2D eigenvalue weighted by atomic mass is 9.63. The molecular formula is C28H42F2. The molecule has 0 radical (unpaired) electrons. The van der Waals surface area contributed by atoms with Gasteiger partial charge in [0.1, 0.15) is 11.6 Å². The van der Waals surface area contributed by atoms with Crippen molar-refractivity contribution in [1.29, 1.82) is 0 Å². The maximum absolute atomic E-state index is 13.6. The molecule has 0 spiro atoms. The standard InChI is InChI=1S/C28H42F2/c1-2-3-4-20-5-7-21(8-6-20)9-10-22-11-12-24-16-25(14-13-23(24)15-22)26-17-27(29)19-28(30)18-26/h17-25H,2-16H2,1H3. The highest BCUT2D eigenvalue weighted by molar-refractivity contribution is 5.22. The molecule has 3 saturated carbocycles. The smallest absolute Gasteiger partial charge is 0.126 e. The van der Waals surface area contributed by atoms with Crippen LogP contribution in [0.15, 0.2) is 18.2 Å². The van der Waals surface area contributed by atoms with Crippen molar-refractivity contribution in [2.45, 2.75) is 109 Å². The molecule has 3 aliphatic rings. The molecule has 168 valence electrons. The summed E-state index contributed by atoms with van der Waals surface area (Å²) in [5, 5.41) is 0. The Hall–Kier alpha value is -0.920. The zero-order chi connectivity index (χ0) is 20.9. The van der Waals surface area contributed by atoms with Crippen LogP contribution in [0.1, 0.15) is 115 Å². The number of benzene rings is 1. The molecule has 4 rings (SSSR count). The van der Waals surface area contributed by atoms with Crippen molar-refractivity contribution in [2.75, 3.05) is 0 Å². The first-order valence-electron chi connectivity index (χ1n) is 13.1. The molecule has 4 unspecified atom stereocenters. The maximum Gasteiger partial charge on any atom is 0.126 e. The van der Waals surface area contributed by atoms with Crippen molar-refractivity contribution in [1.82, 2.24) is 0 Å². The summed E-state index contributed by atoms with van der Waals surface area (Å²) < 4.78 is 27.3. The number of hydrogen-bond acceptors (Lipinski definition) is 0. The van der Waals surface area contributed by atoms with E-state index in [0.717, 1.165) is 54.1 Å². The molecule has 0 bridgehead atoms. The quantitative estimate of drug-likeness (QED) is 0.416. The van der Waals surface area contributed by atoms with Crippen LogP contribution in [-0.2, 0) is 0 Å². The molecule has 1 aromatic carbocycles. The summed E-state index contributed by atoms with van der Waals surface area (Å²) in [6.45, 7) is 2.31. The fourth-order valence-corrected chi connectivity index (χ4v) is 7.14. The van der Waals surface area contributed by atoms with Gasteiger partial charge in [0.05, 0.1) is 0 Å². The van der Waals surface area contributed by atoms with E-state index in [1.165, 1.54) is 83.5 Å². The van der Waals surface area contributed by atoms with E-state index in [1.807, 2.05) is 0 Å². The lowest BCUT2D eigenvalue weighted by Gasteiger charge is -2.42. The van der Waals surface area contributed by atoms with E-state index >= 15 is 0 Å². The summed E-state index contributed by atoms with van der Waals surface area (Å²) >= 11 is 0. The van der Waals surface area contributed by atoms with Gasteiger partial charge in [0.15, 0.2) is 0 Å². The summed E-state index contributed by atoms with van der Waals surface area (Å²) in [5.74, 6) is 4.12. The molecule has 3 fully saturated rings. The molecule has 0 aliphatic heterocycles. The molecule has 0 nitrogen and oxygen atoms in total. The number of hydrogen-bond donors (Lipinski definition) is 0. The third-order valence-corrected chi connectivity index (χ3v) is 8.99. The summed E-state index contributed by atoms with van der Waals surface area (Å²) in [7, 11) is 0. The van der Waals surface area contributed by atoms with E-state index in [1.54, 1.807) is 12.1 Å². The van der Waals surface area contributed by atoms with Crippen LogP contribution in [0.3, 0.4) is 0 Å². The van der Waals surface area contributed by atoms with Crippen LogP contribution < -0.4 is 0 Å². The highest BCUT2D eigenvalue weighted by atomic mass is 19.1. The molecule has 0 aromatic heterocycles. The summed E-state index contributed by atoms with van der Waals surface area (Å²) in [4.78, 5) is 0. The van der Waals surface area contributed by atoms with E-state index < -0.39 is 11.6 Å². The fourth-order valence-electron chi connectivity index (χ4n) is 7.14. The van der Waals surface area contributed by atoms with Crippen molar-refractivity contribution < 1.29 is 8.78 Å². The van der Waals surface area contributed by atoms with Crippen LogP contribution in [0.4, 0.5) is 8.78 Å². The second-order valence-electron chi connectivity index (χ2n) is 11.0. The highest BCUT2D eigenvalue weighted by Gasteiger charge is 2.36. The Morgan fingerprint density at radius 1 is 0.667 bits per heavy atom. The Bertz CT molecular complexity index is 640. The third kappa shape index (κ3) is 5.86. The third-order valence-electron chi connectivity index (χ3n) is 8.99. The van der Waals surface area contributed by atoms with Gasteiger partial charge in [-0.05, 0) is 85.3 Å². The Balaban J connectivity index is 1.19. The molecule has 4 atom stereocenters. The first kappa shape index (κ1) is 22.3. The molecule has 0 saturated heterocycles. The molecule has 30 heavy (non-hydrogen) atoms. The minimum atomic E-state index is -0.421. The summed E-state index contributed by atoms with van der Waals surface area (Å²) in [6.07, 6.45) is 20.8. The molecule has 1 aromatic rings. The molecule has 3 aliphatic carbocycles. The molecular weight excluding hydrogens is 374 g/mol. The predicted molar refractivity (Wildman–Crippen MR) is 121 cm³/mol. The topological polar surface area (TPSA) is 0 Å². The van der Waals surface area contributed by atoms with Crippen molar-refractivity contribution >= 4 is 0 Å². The zero-order valence-corrected chi connectivity index (χ0v) is 19.1. The van der Waals surface area contributed by atoms with Gasteiger partial charge in [-0.2, -0.15) is 0 Å². The normalized spacial score (nSPS) is 34.5. The second-order valence-corrected chi connectivity index (χ2v) is 11.0. The lowest BCUT2D eigenvalue weighted by Crippen LogP contribution is -2.30. The minimum Gasteiger partial charge on any atom is -0.207 e. The predicted octanol–water partition coefficient (Wildman–Crippen LogP) is 9.04. The van der Waals surface area contributed by atoms with Gasteiger partial charge in [0, 0.05) is 6.07 Å². The Morgan fingerprint density at radius 2 is 1.23 bits per heavy atom. The number of rotatable bonds is 7. The monoisotopic (exact) mass is 416 g/mol. The first-order valence-corrected chi connectivity index (χ1v) is 13.1. The van der Waals surface area contributed by atoms with Gasteiger partial charge in [-0.25, -0.2) is 8.78 Å². The van der Waals surface area contributed by atoms with Gasteiger partial charge in [-0.1, -0.05) is 71.1 Å². The van der Waals surface area contributed by atoms with Crippen molar-refractivity contribution in [2.24, 2.45) is 29.6 Å². The second kappa shape index (κ2) is 10.6. The largest absolute Gasteiger partial charge is 0.207 e. The van der Waals surface area contributed by atoms with Gasteiger partial charge in [0.2, 0.25) is 0 Å². The summed E-state index contributed by atoms with van der Waals surface area (Å²) in [5.41, 5.74) is 0.891. The zero-order valence-electron chi connectivity index (χ0n) is 19.1. The Kier molecular flexibility index (Phi) is 7.87. The van der Waals surface area contributed by atoms with E-state index in [-0.39, 0.29) is 0 Å². The van der Waals surface area contributed by atoms with E-state index in [2.05, 4.69) is 6.92 Å². The van der Waals surface area contributed by atoms with Gasteiger partial charge in [0.25, 0.3) is 0 Å². The first-order chi connectivity index (χ1) is 14.6. The number of fused-ring (bicyclic) bond motifs is 1. The Labute approximate surface area is 183 Å². The van der Waals surface area contributed by atoms with Crippen molar-refractivity contribution in [3.05, 3.63) is 35.4 Å². The average molecular weight is 417 g/mol. The average Bonchev–Trinajstić information content (AvgIpc) is 2.76. The maximum atomic E-state index is 13.6. The van der Waals surface area contributed by atoms with Crippen LogP contribution in [0.5, 0.6) is 0 Å². The van der Waals surface area contributed by atoms with Crippen molar-refractivity contribution in [3.63, 3.8) is 0 Å². The number of unbranched alkanes of at least 4 members (excludes halogenated alkanes) is 1. The van der Waals surface area contributed by atoms with Gasteiger partial charge in [-0.15, -0.1) is 0 Å².